The zero-order valence-electron chi connectivity index (χ0n) is 18.7. The second-order valence-electron chi connectivity index (χ2n) is 7.60. The molecule has 0 aliphatic rings. The summed E-state index contributed by atoms with van der Waals surface area (Å²) in [7, 11) is 0. The van der Waals surface area contributed by atoms with Crippen LogP contribution in [0.5, 0.6) is 11.5 Å². The predicted molar refractivity (Wildman–Crippen MR) is 140 cm³/mol. The number of nitrogens with one attached hydrogen (secondary N) is 1. The van der Waals surface area contributed by atoms with Crippen LogP contribution in [0.2, 0.25) is 0 Å². The maximum atomic E-state index is 9.81. The molecular weight excluding hydrogens is 539 g/mol. The van der Waals surface area contributed by atoms with E-state index in [9.17, 15) is 10.5 Å². The monoisotopic (exact) mass is 560 g/mol. The van der Waals surface area contributed by atoms with Crippen molar-refractivity contribution in [2.24, 2.45) is 0 Å². The van der Waals surface area contributed by atoms with Crippen molar-refractivity contribution in [3.63, 3.8) is 0 Å². The van der Waals surface area contributed by atoms with Crippen LogP contribution >= 0.6 is 22.6 Å². The van der Waals surface area contributed by atoms with E-state index in [4.69, 9.17) is 9.47 Å². The van der Waals surface area contributed by atoms with Gasteiger partial charge < -0.3 is 14.5 Å². The van der Waals surface area contributed by atoms with Crippen molar-refractivity contribution in [2.45, 2.75) is 20.5 Å². The highest BCUT2D eigenvalue weighted by Gasteiger charge is 2.15. The highest BCUT2D eigenvalue weighted by Crippen LogP contribution is 2.36. The number of benzene rings is 3. The minimum atomic E-state index is 0.247. The van der Waals surface area contributed by atoms with Crippen LogP contribution in [0.15, 0.2) is 54.6 Å². The zero-order valence-corrected chi connectivity index (χ0v) is 20.9. The number of hydrogen-bond acceptors (Lipinski definition) is 5. The van der Waals surface area contributed by atoms with E-state index >= 15 is 0 Å². The van der Waals surface area contributed by atoms with Crippen LogP contribution in [-0.4, -0.2) is 16.6 Å². The van der Waals surface area contributed by atoms with E-state index in [0.29, 0.717) is 35.1 Å². The van der Waals surface area contributed by atoms with Gasteiger partial charge in [-0.1, -0.05) is 24.3 Å². The highest BCUT2D eigenvalue weighted by molar-refractivity contribution is 14.1. The highest BCUT2D eigenvalue weighted by atomic mass is 127. The minimum absolute atomic E-state index is 0.247. The maximum Gasteiger partial charge on any atom is 0.175 e. The van der Waals surface area contributed by atoms with E-state index in [1.807, 2.05) is 62.4 Å². The number of ether oxygens (including phenoxy) is 2. The number of hydrogen-bond donors (Lipinski definition) is 1. The molecule has 0 saturated heterocycles. The van der Waals surface area contributed by atoms with Gasteiger partial charge in [-0.25, -0.2) is 4.98 Å². The molecule has 1 N–H and O–H groups in total. The third kappa shape index (κ3) is 5.05. The summed E-state index contributed by atoms with van der Waals surface area (Å²) in [6.07, 6.45) is 1.78. The van der Waals surface area contributed by atoms with Crippen LogP contribution in [0, 0.1) is 33.2 Å². The van der Waals surface area contributed by atoms with E-state index in [1.165, 1.54) is 0 Å². The largest absolute Gasteiger partial charge is 0.490 e. The first kappa shape index (κ1) is 23.3. The summed E-state index contributed by atoms with van der Waals surface area (Å²) in [6, 6.07) is 21.5. The van der Waals surface area contributed by atoms with Crippen LogP contribution in [-0.2, 0) is 6.61 Å². The van der Waals surface area contributed by atoms with Gasteiger partial charge in [-0.05, 0) is 84.0 Å². The summed E-state index contributed by atoms with van der Waals surface area (Å²) in [6.45, 7) is 4.63. The molecule has 4 rings (SSSR count). The maximum absolute atomic E-state index is 9.81. The second kappa shape index (κ2) is 10.4. The van der Waals surface area contributed by atoms with E-state index in [-0.39, 0.29) is 6.61 Å². The molecule has 0 saturated carbocycles. The van der Waals surface area contributed by atoms with Crippen molar-refractivity contribution in [1.82, 2.24) is 9.97 Å². The molecule has 6 nitrogen and oxygen atoms in total. The molecule has 0 radical (unpaired) electrons. The Morgan fingerprint density at radius 3 is 2.71 bits per heavy atom. The van der Waals surface area contributed by atoms with Crippen molar-refractivity contribution in [1.29, 1.82) is 10.5 Å². The average Bonchev–Trinajstić information content (AvgIpc) is 3.25. The number of halogens is 1. The van der Waals surface area contributed by atoms with Crippen LogP contribution in [0.3, 0.4) is 0 Å². The number of H-pyrrole nitrogens is 1. The standard InChI is InChI=1S/C27H21IN4O2/c1-3-33-25-13-18(11-21(15-30)27-31-23-9-8-17(2)10-24(23)32-27)12-22(28)26(25)34-16-20-7-5-4-6-19(20)14-29/h4-13H,3,16H2,1-2H3,(H,31,32)/b21-11-. The summed E-state index contributed by atoms with van der Waals surface area (Å²) >= 11 is 2.19. The van der Waals surface area contributed by atoms with Gasteiger partial charge in [0.05, 0.1) is 38.4 Å². The van der Waals surface area contributed by atoms with Gasteiger partial charge in [0.15, 0.2) is 11.5 Å². The fraction of sp³-hybridized carbons (Fsp3) is 0.148. The van der Waals surface area contributed by atoms with Crippen LogP contribution in [0.4, 0.5) is 0 Å². The van der Waals surface area contributed by atoms with E-state index in [1.54, 1.807) is 12.1 Å². The Morgan fingerprint density at radius 1 is 1.12 bits per heavy atom. The number of aromatic amines is 1. The molecule has 0 atom stereocenters. The number of aryl methyl sites for hydroxylation is 1. The van der Waals surface area contributed by atoms with Crippen molar-refractivity contribution in [3.8, 4) is 23.6 Å². The second-order valence-corrected chi connectivity index (χ2v) is 8.76. The summed E-state index contributed by atoms with van der Waals surface area (Å²) in [5.74, 6) is 1.70. The molecule has 7 heteroatoms. The molecule has 168 valence electrons. The Morgan fingerprint density at radius 2 is 1.94 bits per heavy atom. The lowest BCUT2D eigenvalue weighted by atomic mass is 10.1. The van der Waals surface area contributed by atoms with Gasteiger partial charge in [0.1, 0.15) is 18.5 Å². The predicted octanol–water partition coefficient (Wildman–Crippen LogP) is 6.39. The Labute approximate surface area is 211 Å². The van der Waals surface area contributed by atoms with Gasteiger partial charge in [0.2, 0.25) is 0 Å². The molecule has 4 aromatic rings. The number of nitriles is 2. The Kier molecular flexibility index (Phi) is 7.15. The molecule has 0 aliphatic carbocycles. The van der Waals surface area contributed by atoms with Gasteiger partial charge in [-0.2, -0.15) is 10.5 Å². The Balaban J connectivity index is 1.67. The molecule has 0 aliphatic heterocycles. The molecule has 1 heterocycles. The number of fused-ring (bicyclic) bond motifs is 1. The van der Waals surface area contributed by atoms with Crippen molar-refractivity contribution < 1.29 is 9.47 Å². The fourth-order valence-corrected chi connectivity index (χ4v) is 4.33. The Bertz CT molecular complexity index is 1470. The SMILES string of the molecule is CCOc1cc(/C=C(/C#N)c2nc3ccc(C)cc3[nH]2)cc(I)c1OCc1ccccc1C#N. The van der Waals surface area contributed by atoms with E-state index in [2.05, 4.69) is 44.7 Å². The molecule has 0 amide bonds. The van der Waals surface area contributed by atoms with Gasteiger partial charge in [-0.3, -0.25) is 0 Å². The first-order chi connectivity index (χ1) is 16.5. The topological polar surface area (TPSA) is 94.7 Å². The van der Waals surface area contributed by atoms with Gasteiger partial charge in [-0.15, -0.1) is 0 Å². The lowest BCUT2D eigenvalue weighted by molar-refractivity contribution is 0.267. The van der Waals surface area contributed by atoms with Crippen molar-refractivity contribution in [2.75, 3.05) is 6.61 Å². The van der Waals surface area contributed by atoms with Crippen LogP contribution in [0.1, 0.15) is 35.0 Å². The lowest BCUT2D eigenvalue weighted by Crippen LogP contribution is -2.03. The first-order valence-corrected chi connectivity index (χ1v) is 11.8. The molecule has 0 fully saturated rings. The number of allylic oxidation sites excluding steroid dienone is 1. The van der Waals surface area contributed by atoms with E-state index in [0.717, 1.165) is 31.3 Å². The van der Waals surface area contributed by atoms with E-state index < -0.39 is 0 Å². The van der Waals surface area contributed by atoms with Crippen LogP contribution < -0.4 is 9.47 Å². The quantitative estimate of drug-likeness (QED) is 0.209. The van der Waals surface area contributed by atoms with Gasteiger partial charge >= 0.3 is 0 Å². The normalized spacial score (nSPS) is 11.1. The van der Waals surface area contributed by atoms with Crippen molar-refractivity contribution in [3.05, 3.63) is 86.2 Å². The third-order valence-corrected chi connectivity index (χ3v) is 5.97. The zero-order chi connectivity index (χ0) is 24.1. The summed E-state index contributed by atoms with van der Waals surface area (Å²) in [4.78, 5) is 7.81. The summed E-state index contributed by atoms with van der Waals surface area (Å²) in [5.41, 5.74) is 5.42. The smallest absolute Gasteiger partial charge is 0.175 e. The molecule has 34 heavy (non-hydrogen) atoms. The molecule has 0 bridgehead atoms. The number of aromatic nitrogens is 2. The molecule has 0 spiro atoms. The third-order valence-electron chi connectivity index (χ3n) is 5.17. The average molecular weight is 560 g/mol. The minimum Gasteiger partial charge on any atom is -0.490 e. The molecule has 3 aromatic carbocycles. The van der Waals surface area contributed by atoms with Gasteiger partial charge in [0, 0.05) is 5.56 Å². The Hall–Kier alpha value is -3.82. The molecule has 1 aromatic heterocycles. The number of nitrogens with zero attached hydrogens (tertiary/aromatic N) is 3. The number of rotatable bonds is 7. The van der Waals surface area contributed by atoms with Crippen molar-refractivity contribution >= 4 is 45.3 Å². The molecular formula is C27H21IN4O2. The molecule has 0 unspecified atom stereocenters. The summed E-state index contributed by atoms with van der Waals surface area (Å²) in [5, 5.41) is 19.1. The number of imidazole rings is 1. The fourth-order valence-electron chi connectivity index (χ4n) is 3.55. The summed E-state index contributed by atoms with van der Waals surface area (Å²) < 4.78 is 12.8. The van der Waals surface area contributed by atoms with Gasteiger partial charge in [0.25, 0.3) is 0 Å². The lowest BCUT2D eigenvalue weighted by Gasteiger charge is -2.15. The first-order valence-electron chi connectivity index (χ1n) is 10.7. The van der Waals surface area contributed by atoms with Crippen LogP contribution in [0.25, 0.3) is 22.7 Å².